The van der Waals surface area contributed by atoms with E-state index in [0.717, 1.165) is 105 Å². The molecular formula is C60H53Cl2F12SiZr-3. The molecule has 76 heavy (non-hydrogen) atoms. The van der Waals surface area contributed by atoms with Crippen molar-refractivity contribution < 1.29 is 73.5 Å². The fraction of sp³-hybridized carbons (Fsp3) is 0.300. The molecule has 0 atom stereocenters. The van der Waals surface area contributed by atoms with Crippen LogP contribution in [0.3, 0.4) is 0 Å². The molecule has 1 aliphatic rings. The van der Waals surface area contributed by atoms with Crippen LogP contribution in [0.25, 0.3) is 54.9 Å². The van der Waals surface area contributed by atoms with Crippen molar-refractivity contribution in [2.24, 2.45) is 0 Å². The summed E-state index contributed by atoms with van der Waals surface area (Å²) in [7, 11) is 10.7. The summed E-state index contributed by atoms with van der Waals surface area (Å²) < 4.78 is 161. The van der Waals surface area contributed by atoms with Crippen LogP contribution in [0, 0.1) is 6.07 Å². The van der Waals surface area contributed by atoms with Crippen molar-refractivity contribution in [3.63, 3.8) is 0 Å². The summed E-state index contributed by atoms with van der Waals surface area (Å²) >= 11 is -0.826. The molecule has 0 saturated carbocycles. The first-order chi connectivity index (χ1) is 35.7. The normalized spacial score (nSPS) is 12.4. The molecule has 8 aromatic carbocycles. The van der Waals surface area contributed by atoms with Crippen LogP contribution >= 0.6 is 17.0 Å². The van der Waals surface area contributed by atoms with E-state index in [2.05, 4.69) is 56.3 Å². The van der Waals surface area contributed by atoms with E-state index < -0.39 is 67.8 Å². The second-order valence-electron chi connectivity index (χ2n) is 19.1. The predicted octanol–water partition coefficient (Wildman–Crippen LogP) is 20.0. The Morgan fingerprint density at radius 2 is 0.895 bits per heavy atom. The molecule has 0 nitrogen and oxygen atoms in total. The van der Waals surface area contributed by atoms with Crippen LogP contribution in [0.2, 0.25) is 0 Å². The Hall–Kier alpha value is -4.62. The van der Waals surface area contributed by atoms with Gasteiger partial charge in [-0.1, -0.05) is 124 Å². The summed E-state index contributed by atoms with van der Waals surface area (Å²) in [6.45, 7) is 11.6. The summed E-state index contributed by atoms with van der Waals surface area (Å²) in [6, 6.07) is 37.0. The number of halogens is 14. The van der Waals surface area contributed by atoms with Crippen molar-refractivity contribution in [1.82, 2.24) is 0 Å². The Morgan fingerprint density at radius 3 is 1.26 bits per heavy atom. The number of hydrogen-bond acceptors (Lipinski definition) is 0. The fourth-order valence-electron chi connectivity index (χ4n) is 9.30. The fourth-order valence-corrected chi connectivity index (χ4v) is 10.6. The van der Waals surface area contributed by atoms with Gasteiger partial charge in [-0.05, 0) is 72.2 Å². The van der Waals surface area contributed by atoms with Gasteiger partial charge in [-0.15, -0.1) is 74.6 Å². The van der Waals surface area contributed by atoms with Gasteiger partial charge in [0.1, 0.15) is 0 Å². The van der Waals surface area contributed by atoms with Crippen molar-refractivity contribution in [3.05, 3.63) is 178 Å². The molecule has 0 amide bonds. The number of rotatable bonds is 10. The van der Waals surface area contributed by atoms with Crippen molar-refractivity contribution in [3.8, 4) is 33.4 Å². The first-order valence-electron chi connectivity index (χ1n) is 24.6. The van der Waals surface area contributed by atoms with Crippen LogP contribution in [-0.4, -0.2) is 9.52 Å². The van der Waals surface area contributed by atoms with Gasteiger partial charge < -0.3 is 0 Å². The van der Waals surface area contributed by atoms with E-state index in [0.29, 0.717) is 21.9 Å². The van der Waals surface area contributed by atoms with Gasteiger partial charge in [-0.25, -0.2) is 0 Å². The third-order valence-electron chi connectivity index (χ3n) is 12.9. The second-order valence-corrected chi connectivity index (χ2v) is 24.1. The molecule has 0 aromatic heterocycles. The minimum Gasteiger partial charge on any atom is -0.184 e. The van der Waals surface area contributed by atoms with Crippen LogP contribution in [-0.2, 0) is 58.4 Å². The van der Waals surface area contributed by atoms with E-state index in [1.165, 1.54) is 21.5 Å². The number of benzene rings is 6. The van der Waals surface area contributed by atoms with E-state index in [1.54, 1.807) is 12.1 Å². The van der Waals surface area contributed by atoms with E-state index in [1.807, 2.05) is 70.2 Å². The van der Waals surface area contributed by atoms with E-state index in [-0.39, 0.29) is 35.1 Å². The third kappa shape index (κ3) is 14.9. The van der Waals surface area contributed by atoms with E-state index in [4.69, 9.17) is 17.0 Å². The molecule has 0 aliphatic carbocycles. The number of alkyl halides is 12. The largest absolute Gasteiger partial charge is 0.184 e. The van der Waals surface area contributed by atoms with E-state index >= 15 is 0 Å². The Kier molecular flexibility index (Phi) is 20.3. The zero-order valence-corrected chi connectivity index (χ0v) is 47.3. The Labute approximate surface area is 457 Å². The van der Waals surface area contributed by atoms with Gasteiger partial charge >= 0.3 is 62.6 Å². The van der Waals surface area contributed by atoms with E-state index in [9.17, 15) is 52.7 Å². The van der Waals surface area contributed by atoms with Gasteiger partial charge in [0.05, 0.1) is 31.8 Å². The predicted molar refractivity (Wildman–Crippen MR) is 283 cm³/mol. The number of aryl methyl sites for hydroxylation is 2. The Morgan fingerprint density at radius 1 is 0.513 bits per heavy atom. The molecule has 0 fully saturated rings. The Balaban J connectivity index is 0.000000192. The molecule has 0 saturated heterocycles. The monoisotopic (exact) mass is 1190 g/mol. The zero-order valence-electron chi connectivity index (χ0n) is 42.3. The van der Waals surface area contributed by atoms with Crippen molar-refractivity contribution >= 4 is 58.5 Å². The summed E-state index contributed by atoms with van der Waals surface area (Å²) in [5.74, 6) is -0.135. The summed E-state index contributed by atoms with van der Waals surface area (Å²) in [5, 5.41) is 5.86. The maximum absolute atomic E-state index is 13.4. The molecule has 402 valence electrons. The van der Waals surface area contributed by atoms with Crippen molar-refractivity contribution in [2.45, 2.75) is 117 Å². The first kappa shape index (κ1) is 60.6. The molecule has 0 N–H and O–H groups in total. The number of fused-ring (bicyclic) bond motifs is 5. The molecular weight excluding hydrogens is 1140 g/mol. The molecule has 2 radical (unpaired) electrons. The molecule has 1 heterocycles. The van der Waals surface area contributed by atoms with Crippen molar-refractivity contribution in [2.75, 3.05) is 0 Å². The minimum atomic E-state index is -4.87. The Bertz CT molecular complexity index is 2950. The molecule has 8 aromatic rings. The first-order valence-corrected chi connectivity index (χ1v) is 31.9. The van der Waals surface area contributed by atoms with Crippen LogP contribution in [0.5, 0.6) is 0 Å². The number of hydrogen-bond donors (Lipinski definition) is 0. The van der Waals surface area contributed by atoms with Gasteiger partial charge in [-0.2, -0.15) is 94.3 Å². The SMILES string of the molecule is CCCCc1cc2c(-c3cc(C(F)(F)F)cc(C(F)(F)F)c3)c(C(C)C)ccc2[cH-]1.CCCCc1cc2c(-c3cc(C(F)(F)F)cc(C(F)(F)F)c3)c(C(C)C)ccc2[cH-]1.[Cl][Zr][Cl].[c-]1cccc2c1[Si]c1ccccc1-2. The molecule has 0 unspecified atom stereocenters. The smallest absolute Gasteiger partial charge is 0.0920 e. The topological polar surface area (TPSA) is 0 Å². The standard InChI is InChI=1S/2C24H23F6.C12H7Si.2ClH.Zr/c2*1-4-5-6-15-9-16-7-8-20(14(2)3)22(21(16)10-15)17-11-18(23(25,26)27)13-19(12-17)24(28,29)30;1-3-7-11-9(5-1)10-6-2-4-8-12(10)13-11;;;/h2*7-14H,4-6H2,1-3H3;1-7H;2*1H;/q3*-1;;;+2/p-2. The van der Waals surface area contributed by atoms with Gasteiger partial charge in [0.25, 0.3) is 0 Å². The van der Waals surface area contributed by atoms with Crippen LogP contribution in [0.4, 0.5) is 52.7 Å². The van der Waals surface area contributed by atoms with Crippen molar-refractivity contribution in [1.29, 1.82) is 0 Å². The average molecular weight is 1190 g/mol. The van der Waals surface area contributed by atoms with Gasteiger partial charge in [0, 0.05) is 0 Å². The third-order valence-corrected chi connectivity index (χ3v) is 14.3. The maximum atomic E-state index is 13.4. The van der Waals surface area contributed by atoms with Crippen LogP contribution in [0.1, 0.15) is 124 Å². The molecule has 0 bridgehead atoms. The molecule has 0 spiro atoms. The van der Waals surface area contributed by atoms with Gasteiger partial charge in [0.2, 0.25) is 0 Å². The summed E-state index contributed by atoms with van der Waals surface area (Å²) in [5.41, 5.74) is 1.90. The molecule has 1 aliphatic heterocycles. The molecule has 9 rings (SSSR count). The maximum Gasteiger partial charge on any atom is 0.0920 e. The van der Waals surface area contributed by atoms with Gasteiger partial charge in [0.15, 0.2) is 0 Å². The summed E-state index contributed by atoms with van der Waals surface area (Å²) in [6.07, 6.45) is -14.0. The minimum absolute atomic E-state index is 0.0564. The quantitative estimate of drug-likeness (QED) is 0.0727. The van der Waals surface area contributed by atoms with Gasteiger partial charge in [-0.3, -0.25) is 0 Å². The summed E-state index contributed by atoms with van der Waals surface area (Å²) in [4.78, 5) is 0. The van der Waals surface area contributed by atoms with Crippen LogP contribution in [0.15, 0.2) is 127 Å². The average Bonchev–Trinajstić information content (AvgIpc) is 4.10. The zero-order chi connectivity index (χ0) is 55.9. The number of unbranched alkanes of at least 4 members (excludes halogenated alkanes) is 2. The van der Waals surface area contributed by atoms with Crippen LogP contribution < -0.4 is 10.4 Å². The molecule has 16 heteroatoms. The second kappa shape index (κ2) is 25.4.